The monoisotopic (exact) mass is 1050 g/mol. The van der Waals surface area contributed by atoms with Gasteiger partial charge < -0.3 is 32.7 Å². The predicted molar refractivity (Wildman–Crippen MR) is 274 cm³/mol. The first-order valence-corrected chi connectivity index (χ1v) is 19.9. The Balaban J connectivity index is 0. The maximum atomic E-state index is 6.16. The first-order valence-electron chi connectivity index (χ1n) is 19.9. The molecule has 58 heavy (non-hydrogen) atoms. The van der Waals surface area contributed by atoms with Crippen LogP contribution in [0.15, 0.2) is 131 Å². The van der Waals surface area contributed by atoms with Crippen LogP contribution in [0.1, 0.15) is 99.3 Å². The molecule has 324 valence electrons. The van der Waals surface area contributed by atoms with Crippen LogP contribution in [0.5, 0.6) is 0 Å². The number of guanidine groups is 2. The van der Waals surface area contributed by atoms with Crippen molar-refractivity contribution in [3.63, 3.8) is 0 Å². The van der Waals surface area contributed by atoms with E-state index in [2.05, 4.69) is 153 Å². The Morgan fingerprint density at radius 2 is 0.672 bits per heavy atom. The maximum Gasteiger partial charge on any atom is 0.188 e. The van der Waals surface area contributed by atoms with Gasteiger partial charge in [0.05, 0.1) is 0 Å². The smallest absolute Gasteiger partial charge is 0.188 e. The zero-order chi connectivity index (χ0) is 37.0. The van der Waals surface area contributed by atoms with Crippen molar-refractivity contribution in [3.8, 4) is 0 Å². The number of nitrogens with two attached hydrogens (primary N) is 2. The lowest BCUT2D eigenvalue weighted by molar-refractivity contribution is 0.550. The fourth-order valence-corrected chi connectivity index (χ4v) is 6.68. The van der Waals surface area contributed by atoms with E-state index in [1.165, 1.54) is 54.4 Å². The van der Waals surface area contributed by atoms with Crippen LogP contribution in [0.2, 0.25) is 0 Å². The molecule has 0 spiro atoms. The van der Waals surface area contributed by atoms with Crippen LogP contribution in [0, 0.1) is 0 Å². The number of nitrogens with zero attached hydrogens (tertiary/aromatic N) is 2. The average molecular weight is 1060 g/mol. The summed E-state index contributed by atoms with van der Waals surface area (Å²) in [5, 5.41) is 13.7. The standard InChI is InChI=1S/C45H64N8.CH4.4BrH/c46-44(52-36-28-42(38-20-8-4-9-21-38)39-22-10-5-11-23-39)50-34-18-32-48-30-16-2-1-3-17-31-49-33-19-35-51-45(47)53-37-29-43(40-24-12-6-13-25-40)41-26-14-7-15-27-41;;;;;/h4-15,20-27,42-43,48-49H,1-3,16-19,28-37H2,(H3,46,50,52)(H3,47,51,53);1H4;4*1H. The van der Waals surface area contributed by atoms with Gasteiger partial charge in [-0.25, -0.2) is 0 Å². The SMILES string of the molecule is Br.Br.Br.Br.C.NC(=NCCCNCCCCCCCNCCCN=C(N)NCCC(c1ccccc1)c1ccccc1)NCCC(c1ccccc1)c1ccccc1. The number of hydrogen-bond acceptors (Lipinski definition) is 4. The van der Waals surface area contributed by atoms with E-state index in [4.69, 9.17) is 11.5 Å². The number of halogens is 4. The summed E-state index contributed by atoms with van der Waals surface area (Å²) in [5.74, 6) is 1.74. The van der Waals surface area contributed by atoms with Gasteiger partial charge in [-0.15, -0.1) is 67.9 Å². The zero-order valence-electron chi connectivity index (χ0n) is 33.4. The molecule has 4 aromatic carbocycles. The van der Waals surface area contributed by atoms with Crippen LogP contribution in [0.3, 0.4) is 0 Å². The molecule has 8 nitrogen and oxygen atoms in total. The molecule has 0 aliphatic carbocycles. The fraction of sp³-hybridized carbons (Fsp3) is 0.435. The molecule has 0 aliphatic rings. The lowest BCUT2D eigenvalue weighted by atomic mass is 9.88. The van der Waals surface area contributed by atoms with Crippen molar-refractivity contribution >= 4 is 79.8 Å². The normalized spacial score (nSPS) is 11.0. The second-order valence-corrected chi connectivity index (χ2v) is 13.7. The van der Waals surface area contributed by atoms with Crippen molar-refractivity contribution in [2.75, 3.05) is 52.4 Å². The number of unbranched alkanes of at least 4 members (excludes halogenated alkanes) is 4. The van der Waals surface area contributed by atoms with Gasteiger partial charge in [0.25, 0.3) is 0 Å². The minimum atomic E-state index is 0. The third kappa shape index (κ3) is 24.4. The van der Waals surface area contributed by atoms with Gasteiger partial charge >= 0.3 is 0 Å². The number of aliphatic imine (C=N–C) groups is 2. The largest absolute Gasteiger partial charge is 0.370 e. The molecule has 0 unspecified atom stereocenters. The van der Waals surface area contributed by atoms with Crippen molar-refractivity contribution < 1.29 is 0 Å². The van der Waals surface area contributed by atoms with Crippen molar-refractivity contribution in [2.45, 2.75) is 77.0 Å². The Labute approximate surface area is 392 Å². The maximum absolute atomic E-state index is 6.16. The Hall–Kier alpha value is -2.74. The predicted octanol–water partition coefficient (Wildman–Crippen LogP) is 10.1. The first kappa shape index (κ1) is 57.4. The van der Waals surface area contributed by atoms with E-state index < -0.39 is 0 Å². The summed E-state index contributed by atoms with van der Waals surface area (Å²) in [4.78, 5) is 9.06. The second-order valence-electron chi connectivity index (χ2n) is 13.7. The van der Waals surface area contributed by atoms with E-state index in [0.717, 1.165) is 78.0 Å². The summed E-state index contributed by atoms with van der Waals surface area (Å²) in [6, 6.07) is 42.7. The topological polar surface area (TPSA) is 125 Å². The molecule has 8 N–H and O–H groups in total. The molecule has 4 rings (SSSR count). The highest BCUT2D eigenvalue weighted by molar-refractivity contribution is 8.93. The Bertz CT molecular complexity index is 1360. The third-order valence-electron chi connectivity index (χ3n) is 9.58. The Morgan fingerprint density at radius 3 is 0.983 bits per heavy atom. The van der Waals surface area contributed by atoms with E-state index in [1.54, 1.807) is 0 Å². The molecule has 12 heteroatoms. The van der Waals surface area contributed by atoms with Gasteiger partial charge in [0.1, 0.15) is 0 Å². The Kier molecular flexibility index (Phi) is 36.9. The van der Waals surface area contributed by atoms with Crippen molar-refractivity contribution in [3.05, 3.63) is 144 Å². The van der Waals surface area contributed by atoms with Crippen molar-refractivity contribution in [1.29, 1.82) is 0 Å². The van der Waals surface area contributed by atoms with Gasteiger partial charge in [0, 0.05) is 38.0 Å². The van der Waals surface area contributed by atoms with E-state index in [0.29, 0.717) is 23.8 Å². The van der Waals surface area contributed by atoms with Crippen LogP contribution < -0.4 is 32.7 Å². The molecule has 0 atom stereocenters. The molecular formula is C46H72Br4N8. The van der Waals surface area contributed by atoms with Crippen molar-refractivity contribution in [2.24, 2.45) is 21.5 Å². The van der Waals surface area contributed by atoms with E-state index in [1.807, 2.05) is 0 Å². The minimum absolute atomic E-state index is 0. The molecule has 0 bridgehead atoms. The molecule has 0 amide bonds. The van der Waals surface area contributed by atoms with Gasteiger partial charge in [-0.3, -0.25) is 9.98 Å². The molecule has 0 aromatic heterocycles. The van der Waals surface area contributed by atoms with Gasteiger partial charge in [-0.05, 0) is 87.0 Å². The lowest BCUT2D eigenvalue weighted by Crippen LogP contribution is -2.33. The molecular weight excluding hydrogens is 984 g/mol. The van der Waals surface area contributed by atoms with Gasteiger partial charge in [0.2, 0.25) is 0 Å². The highest BCUT2D eigenvalue weighted by atomic mass is 79.9. The number of benzene rings is 4. The molecule has 0 saturated heterocycles. The molecule has 0 fully saturated rings. The first-order chi connectivity index (χ1) is 26.2. The van der Waals surface area contributed by atoms with Gasteiger partial charge in [0.15, 0.2) is 11.9 Å². The summed E-state index contributed by atoms with van der Waals surface area (Å²) >= 11 is 0. The molecule has 0 saturated carbocycles. The van der Waals surface area contributed by atoms with E-state index in [9.17, 15) is 0 Å². The summed E-state index contributed by atoms with van der Waals surface area (Å²) in [7, 11) is 0. The fourth-order valence-electron chi connectivity index (χ4n) is 6.68. The average Bonchev–Trinajstić information content (AvgIpc) is 3.20. The molecule has 0 radical (unpaired) electrons. The molecule has 0 aliphatic heterocycles. The van der Waals surface area contributed by atoms with Crippen LogP contribution in [-0.2, 0) is 0 Å². The minimum Gasteiger partial charge on any atom is -0.370 e. The summed E-state index contributed by atoms with van der Waals surface area (Å²) in [5.41, 5.74) is 17.6. The van der Waals surface area contributed by atoms with Crippen LogP contribution in [-0.4, -0.2) is 64.3 Å². The number of hydrogen-bond donors (Lipinski definition) is 6. The van der Waals surface area contributed by atoms with Gasteiger partial charge in [-0.1, -0.05) is 148 Å². The molecule has 0 heterocycles. The highest BCUT2D eigenvalue weighted by Gasteiger charge is 2.14. The summed E-state index contributed by atoms with van der Waals surface area (Å²) < 4.78 is 0. The van der Waals surface area contributed by atoms with Crippen LogP contribution in [0.4, 0.5) is 0 Å². The number of nitrogens with one attached hydrogen (secondary N) is 4. The number of rotatable bonds is 26. The quantitative estimate of drug-likeness (QED) is 0.0212. The zero-order valence-corrected chi connectivity index (χ0v) is 40.3. The van der Waals surface area contributed by atoms with Crippen LogP contribution >= 0.6 is 67.9 Å². The van der Waals surface area contributed by atoms with Gasteiger partial charge in [-0.2, -0.15) is 0 Å². The highest BCUT2D eigenvalue weighted by Crippen LogP contribution is 2.28. The van der Waals surface area contributed by atoms with Crippen molar-refractivity contribution in [1.82, 2.24) is 21.3 Å². The van der Waals surface area contributed by atoms with Crippen LogP contribution in [0.25, 0.3) is 0 Å². The lowest BCUT2D eigenvalue weighted by Gasteiger charge is -2.18. The molecule has 4 aromatic rings. The second kappa shape index (κ2) is 37.3. The third-order valence-corrected chi connectivity index (χ3v) is 9.58. The Morgan fingerprint density at radius 1 is 0.397 bits per heavy atom. The van der Waals surface area contributed by atoms with E-state index in [-0.39, 0.29) is 75.4 Å². The summed E-state index contributed by atoms with van der Waals surface area (Å²) in [6.45, 7) is 7.12. The summed E-state index contributed by atoms with van der Waals surface area (Å²) in [6.07, 6.45) is 10.2. The van der Waals surface area contributed by atoms with E-state index >= 15 is 0 Å².